The van der Waals surface area contributed by atoms with Crippen LogP contribution in [0, 0.1) is 0 Å². The van der Waals surface area contributed by atoms with E-state index in [1.54, 1.807) is 12.1 Å². The molecule has 0 saturated heterocycles. The van der Waals surface area contributed by atoms with E-state index in [9.17, 15) is 4.79 Å². The smallest absolute Gasteiger partial charge is 0.344 e. The van der Waals surface area contributed by atoms with Crippen molar-refractivity contribution < 1.29 is 19.5 Å². The van der Waals surface area contributed by atoms with Crippen molar-refractivity contribution in [3.63, 3.8) is 0 Å². The summed E-state index contributed by atoms with van der Waals surface area (Å²) in [5.74, 6) is -0.356. The molecule has 148 valence electrons. The number of nitrogens with zero attached hydrogens (tertiary/aromatic N) is 1. The maximum absolute atomic E-state index is 10.4. The van der Waals surface area contributed by atoms with Gasteiger partial charge in [0, 0.05) is 0 Å². The maximum atomic E-state index is 10.4. The molecular formula is C22H17Cl2NO4. The number of halogens is 2. The van der Waals surface area contributed by atoms with E-state index in [-0.39, 0.29) is 0 Å². The van der Waals surface area contributed by atoms with E-state index in [2.05, 4.69) is 9.99 Å². The SMILES string of the molecule is O=C(O)CO/N=C/c1cccc(-c2cccc(OCc3ccc(Cl)c(Cl)c3)c2)c1. The van der Waals surface area contributed by atoms with Crippen LogP contribution in [0.2, 0.25) is 10.0 Å². The van der Waals surface area contributed by atoms with Gasteiger partial charge in [-0.25, -0.2) is 4.79 Å². The van der Waals surface area contributed by atoms with Crippen LogP contribution >= 0.6 is 23.2 Å². The third-order valence-electron chi connectivity index (χ3n) is 3.91. The molecule has 5 nitrogen and oxygen atoms in total. The molecule has 29 heavy (non-hydrogen) atoms. The lowest BCUT2D eigenvalue weighted by molar-refractivity contribution is -0.142. The summed E-state index contributed by atoms with van der Waals surface area (Å²) < 4.78 is 5.88. The van der Waals surface area contributed by atoms with Crippen LogP contribution in [0.25, 0.3) is 11.1 Å². The van der Waals surface area contributed by atoms with Gasteiger partial charge in [-0.05, 0) is 52.6 Å². The van der Waals surface area contributed by atoms with Gasteiger partial charge in [0.15, 0.2) is 0 Å². The Kier molecular flexibility index (Phi) is 7.11. The van der Waals surface area contributed by atoms with Crippen molar-refractivity contribution in [3.05, 3.63) is 87.9 Å². The largest absolute Gasteiger partial charge is 0.489 e. The summed E-state index contributed by atoms with van der Waals surface area (Å²) in [6, 6.07) is 20.7. The van der Waals surface area contributed by atoms with Gasteiger partial charge in [0.1, 0.15) is 12.4 Å². The Hall–Kier alpha value is -3.02. The summed E-state index contributed by atoms with van der Waals surface area (Å²) in [6.45, 7) is -0.109. The molecule has 0 fully saturated rings. The molecule has 0 radical (unpaired) electrons. The van der Waals surface area contributed by atoms with Crippen LogP contribution in [0.5, 0.6) is 5.75 Å². The number of hydrogen-bond acceptors (Lipinski definition) is 4. The zero-order valence-corrected chi connectivity index (χ0v) is 16.7. The molecule has 0 amide bonds. The lowest BCUT2D eigenvalue weighted by Crippen LogP contribution is -2.03. The molecule has 0 spiro atoms. The quantitative estimate of drug-likeness (QED) is 0.369. The second-order valence-electron chi connectivity index (χ2n) is 6.09. The fraction of sp³-hybridized carbons (Fsp3) is 0.0909. The van der Waals surface area contributed by atoms with E-state index in [0.29, 0.717) is 16.7 Å². The van der Waals surface area contributed by atoms with Gasteiger partial charge in [0.05, 0.1) is 16.3 Å². The van der Waals surface area contributed by atoms with E-state index in [1.165, 1.54) is 6.21 Å². The predicted octanol–water partition coefficient (Wildman–Crippen LogP) is 5.67. The molecule has 0 aromatic heterocycles. The van der Waals surface area contributed by atoms with Gasteiger partial charge < -0.3 is 14.7 Å². The zero-order valence-electron chi connectivity index (χ0n) is 15.2. The van der Waals surface area contributed by atoms with Crippen molar-refractivity contribution in [3.8, 4) is 16.9 Å². The minimum atomic E-state index is -1.08. The highest BCUT2D eigenvalue weighted by atomic mass is 35.5. The topological polar surface area (TPSA) is 68.1 Å². The molecule has 0 aliphatic carbocycles. The molecule has 0 heterocycles. The van der Waals surface area contributed by atoms with E-state index in [0.717, 1.165) is 28.0 Å². The Labute approximate surface area is 178 Å². The molecule has 1 N–H and O–H groups in total. The number of aliphatic carboxylic acids is 1. The monoisotopic (exact) mass is 429 g/mol. The molecule has 0 atom stereocenters. The predicted molar refractivity (Wildman–Crippen MR) is 114 cm³/mol. The average molecular weight is 430 g/mol. The van der Waals surface area contributed by atoms with Crippen molar-refractivity contribution in [1.29, 1.82) is 0 Å². The highest BCUT2D eigenvalue weighted by Crippen LogP contribution is 2.26. The summed E-state index contributed by atoms with van der Waals surface area (Å²) in [7, 11) is 0. The molecule has 3 aromatic carbocycles. The third kappa shape index (κ3) is 6.24. The number of benzene rings is 3. The summed E-state index contributed by atoms with van der Waals surface area (Å²) in [4.78, 5) is 15.1. The number of ether oxygens (including phenoxy) is 1. The minimum Gasteiger partial charge on any atom is -0.489 e. The second-order valence-corrected chi connectivity index (χ2v) is 6.91. The summed E-state index contributed by atoms with van der Waals surface area (Å²) in [5, 5.41) is 13.2. The van der Waals surface area contributed by atoms with E-state index in [1.807, 2.05) is 54.6 Å². The Bertz CT molecular complexity index is 1040. The number of carbonyl (C=O) groups is 1. The second kappa shape index (κ2) is 9.96. The van der Waals surface area contributed by atoms with Crippen molar-refractivity contribution >= 4 is 35.4 Å². The Balaban J connectivity index is 1.69. The van der Waals surface area contributed by atoms with Gasteiger partial charge >= 0.3 is 5.97 Å². The lowest BCUT2D eigenvalue weighted by Gasteiger charge is -2.09. The maximum Gasteiger partial charge on any atom is 0.344 e. The van der Waals surface area contributed by atoms with Crippen molar-refractivity contribution in [2.45, 2.75) is 6.61 Å². The first-order valence-corrected chi connectivity index (χ1v) is 9.41. The van der Waals surface area contributed by atoms with Crippen LogP contribution in [0.4, 0.5) is 0 Å². The fourth-order valence-electron chi connectivity index (χ4n) is 2.55. The standard InChI is InChI=1S/C22H17Cl2NO4/c23-20-8-7-16(10-21(20)24)13-28-19-6-2-5-18(11-19)17-4-1-3-15(9-17)12-25-29-14-22(26)27/h1-12H,13-14H2,(H,26,27)/b25-12+. The van der Waals surface area contributed by atoms with E-state index < -0.39 is 12.6 Å². The lowest BCUT2D eigenvalue weighted by atomic mass is 10.0. The molecule has 3 aromatic rings. The fourth-order valence-corrected chi connectivity index (χ4v) is 2.87. The highest BCUT2D eigenvalue weighted by molar-refractivity contribution is 6.42. The van der Waals surface area contributed by atoms with Gasteiger partial charge in [-0.3, -0.25) is 0 Å². The van der Waals surface area contributed by atoms with Gasteiger partial charge in [-0.1, -0.05) is 64.8 Å². The van der Waals surface area contributed by atoms with Gasteiger partial charge in [-0.2, -0.15) is 0 Å². The van der Waals surface area contributed by atoms with Gasteiger partial charge in [0.25, 0.3) is 0 Å². The number of rotatable bonds is 8. The first-order chi connectivity index (χ1) is 14.0. The molecular weight excluding hydrogens is 413 g/mol. The van der Waals surface area contributed by atoms with Crippen molar-refractivity contribution in [1.82, 2.24) is 0 Å². The number of oxime groups is 1. The molecule has 7 heteroatoms. The number of hydrogen-bond donors (Lipinski definition) is 1. The molecule has 0 saturated carbocycles. The number of carboxylic acid groups (broad SMARTS) is 1. The first kappa shape index (κ1) is 20.7. The average Bonchev–Trinajstić information content (AvgIpc) is 2.72. The van der Waals surface area contributed by atoms with Crippen LogP contribution in [-0.2, 0) is 16.2 Å². The first-order valence-electron chi connectivity index (χ1n) is 8.65. The van der Waals surface area contributed by atoms with Gasteiger partial charge in [0.2, 0.25) is 6.61 Å². The molecule has 0 aliphatic rings. The molecule has 0 unspecified atom stereocenters. The summed E-state index contributed by atoms with van der Waals surface area (Å²) >= 11 is 12.0. The van der Waals surface area contributed by atoms with Crippen molar-refractivity contribution in [2.75, 3.05) is 6.61 Å². The summed E-state index contributed by atoms with van der Waals surface area (Å²) in [6.07, 6.45) is 1.47. The molecule has 3 rings (SSSR count). The Morgan fingerprint density at radius 3 is 2.48 bits per heavy atom. The van der Waals surface area contributed by atoms with Gasteiger partial charge in [-0.15, -0.1) is 0 Å². The normalized spacial score (nSPS) is 10.8. The van der Waals surface area contributed by atoms with E-state index in [4.69, 9.17) is 33.0 Å². The number of carboxylic acids is 1. The Morgan fingerprint density at radius 2 is 1.72 bits per heavy atom. The molecule has 0 aliphatic heterocycles. The van der Waals surface area contributed by atoms with E-state index >= 15 is 0 Å². The van der Waals surface area contributed by atoms with Crippen LogP contribution in [0.1, 0.15) is 11.1 Å². The highest BCUT2D eigenvalue weighted by Gasteiger charge is 2.04. The van der Waals surface area contributed by atoms with Crippen LogP contribution < -0.4 is 4.74 Å². The zero-order chi connectivity index (χ0) is 20.6. The van der Waals surface area contributed by atoms with Crippen molar-refractivity contribution in [2.24, 2.45) is 5.16 Å². The van der Waals surface area contributed by atoms with Crippen LogP contribution in [0.3, 0.4) is 0 Å². The third-order valence-corrected chi connectivity index (χ3v) is 4.65. The minimum absolute atomic E-state index is 0.369. The van der Waals surface area contributed by atoms with Crippen LogP contribution in [-0.4, -0.2) is 23.9 Å². The molecule has 0 bridgehead atoms. The summed E-state index contributed by atoms with van der Waals surface area (Å²) in [5.41, 5.74) is 3.64. The Morgan fingerprint density at radius 1 is 0.966 bits per heavy atom. The van der Waals surface area contributed by atoms with Crippen LogP contribution in [0.15, 0.2) is 71.9 Å².